The Bertz CT molecular complexity index is 584. The molecule has 5 N–H and O–H groups in total. The van der Waals surface area contributed by atoms with Gasteiger partial charge in [-0.15, -0.1) is 0 Å². The van der Waals surface area contributed by atoms with E-state index in [1.54, 1.807) is 0 Å². The van der Waals surface area contributed by atoms with Crippen LogP contribution in [-0.2, 0) is 4.79 Å². The van der Waals surface area contributed by atoms with E-state index < -0.39 is 34.4 Å². The highest BCUT2D eigenvalue weighted by atomic mass is 19.1. The lowest BCUT2D eigenvalue weighted by atomic mass is 9.85. The third kappa shape index (κ3) is 2.87. The molecular weight excluding hydrogens is 280 g/mol. The van der Waals surface area contributed by atoms with Crippen LogP contribution in [0.1, 0.15) is 36.0 Å². The monoisotopic (exact) mass is 297 g/mol. The van der Waals surface area contributed by atoms with Crippen molar-refractivity contribution in [2.75, 3.05) is 11.9 Å². The smallest absolute Gasteiger partial charge is 0.251 e. The number of hydrogen-bond donors (Lipinski definition) is 3. The number of halogens is 2. The molecule has 1 aliphatic rings. The first-order chi connectivity index (χ1) is 9.89. The molecule has 1 aromatic carbocycles. The Morgan fingerprint density at radius 3 is 2.33 bits per heavy atom. The summed E-state index contributed by atoms with van der Waals surface area (Å²) in [5, 5.41) is 2.40. The van der Waals surface area contributed by atoms with Crippen molar-refractivity contribution in [3.63, 3.8) is 0 Å². The zero-order valence-corrected chi connectivity index (χ0v) is 11.4. The van der Waals surface area contributed by atoms with Crippen LogP contribution in [0.5, 0.6) is 0 Å². The van der Waals surface area contributed by atoms with E-state index in [1.807, 2.05) is 0 Å². The number of nitrogens with two attached hydrogens (primary N) is 2. The minimum absolute atomic E-state index is 0.157. The summed E-state index contributed by atoms with van der Waals surface area (Å²) in [5.74, 6) is -3.47. The lowest BCUT2D eigenvalue weighted by Crippen LogP contribution is -2.40. The van der Waals surface area contributed by atoms with Gasteiger partial charge in [0.2, 0.25) is 5.91 Å². The normalized spacial score (nSPS) is 16.7. The largest absolute Gasteiger partial charge is 0.366 e. The third-order valence-electron chi connectivity index (χ3n) is 4.00. The standard InChI is InChI=1S/C14H17F2N3O2/c15-9-6-10(16)11(5-8(9)12(18)20)19-13(21)14(7-17)3-1-2-4-14/h5-6H,1-4,7,17H2,(H2,18,20)(H,19,21). The number of carbonyl (C=O) groups excluding carboxylic acids is 2. The molecule has 2 rings (SSSR count). The first kappa shape index (κ1) is 15.4. The van der Waals surface area contributed by atoms with Crippen LogP contribution in [0.4, 0.5) is 14.5 Å². The second-order valence-corrected chi connectivity index (χ2v) is 5.32. The van der Waals surface area contributed by atoms with Gasteiger partial charge >= 0.3 is 0 Å². The molecular formula is C14H17F2N3O2. The first-order valence-electron chi connectivity index (χ1n) is 6.70. The molecule has 21 heavy (non-hydrogen) atoms. The quantitative estimate of drug-likeness (QED) is 0.785. The minimum Gasteiger partial charge on any atom is -0.366 e. The molecule has 0 bridgehead atoms. The molecule has 0 heterocycles. The fourth-order valence-electron chi connectivity index (χ4n) is 2.66. The zero-order valence-electron chi connectivity index (χ0n) is 11.4. The molecule has 1 aromatic rings. The predicted molar refractivity (Wildman–Crippen MR) is 73.5 cm³/mol. The molecule has 0 atom stereocenters. The van der Waals surface area contributed by atoms with Crippen LogP contribution >= 0.6 is 0 Å². The van der Waals surface area contributed by atoms with Gasteiger partial charge in [-0.25, -0.2) is 8.78 Å². The maximum absolute atomic E-state index is 13.7. The highest BCUT2D eigenvalue weighted by molar-refractivity contribution is 5.98. The number of hydrogen-bond acceptors (Lipinski definition) is 3. The topological polar surface area (TPSA) is 98.2 Å². The second kappa shape index (κ2) is 5.77. The van der Waals surface area contributed by atoms with Crippen molar-refractivity contribution in [2.24, 2.45) is 16.9 Å². The average Bonchev–Trinajstić information content (AvgIpc) is 2.91. The Morgan fingerprint density at radius 1 is 1.19 bits per heavy atom. The fourth-order valence-corrected chi connectivity index (χ4v) is 2.66. The van der Waals surface area contributed by atoms with Crippen LogP contribution in [0.3, 0.4) is 0 Å². The third-order valence-corrected chi connectivity index (χ3v) is 4.00. The summed E-state index contributed by atoms with van der Waals surface area (Å²) in [6, 6.07) is 1.43. The van der Waals surface area contributed by atoms with Crippen molar-refractivity contribution in [1.82, 2.24) is 0 Å². The molecule has 7 heteroatoms. The van der Waals surface area contributed by atoms with E-state index in [-0.39, 0.29) is 12.2 Å². The van der Waals surface area contributed by atoms with Crippen molar-refractivity contribution in [3.05, 3.63) is 29.3 Å². The van der Waals surface area contributed by atoms with Gasteiger partial charge in [-0.1, -0.05) is 12.8 Å². The number of amides is 2. The molecule has 114 valence electrons. The van der Waals surface area contributed by atoms with E-state index in [0.717, 1.165) is 18.9 Å². The Labute approximate surface area is 120 Å². The first-order valence-corrected chi connectivity index (χ1v) is 6.70. The molecule has 0 spiro atoms. The van der Waals surface area contributed by atoms with Crippen LogP contribution in [0.25, 0.3) is 0 Å². The number of anilines is 1. The Hall–Kier alpha value is -2.02. The van der Waals surface area contributed by atoms with E-state index in [2.05, 4.69) is 5.32 Å². The van der Waals surface area contributed by atoms with Crippen molar-refractivity contribution in [1.29, 1.82) is 0 Å². The molecule has 0 saturated heterocycles. The molecule has 0 radical (unpaired) electrons. The summed E-state index contributed by atoms with van der Waals surface area (Å²) in [5.41, 5.74) is 9.21. The maximum Gasteiger partial charge on any atom is 0.251 e. The van der Waals surface area contributed by atoms with Crippen molar-refractivity contribution in [3.8, 4) is 0 Å². The van der Waals surface area contributed by atoms with Gasteiger partial charge in [0, 0.05) is 12.6 Å². The van der Waals surface area contributed by atoms with Gasteiger partial charge in [0.25, 0.3) is 5.91 Å². The minimum atomic E-state index is -1.06. The summed E-state index contributed by atoms with van der Waals surface area (Å²) >= 11 is 0. The summed E-state index contributed by atoms with van der Waals surface area (Å²) in [4.78, 5) is 23.4. The van der Waals surface area contributed by atoms with Crippen LogP contribution in [0.15, 0.2) is 12.1 Å². The van der Waals surface area contributed by atoms with E-state index in [0.29, 0.717) is 18.9 Å². The van der Waals surface area contributed by atoms with Crippen LogP contribution < -0.4 is 16.8 Å². The van der Waals surface area contributed by atoms with Gasteiger partial charge in [-0.3, -0.25) is 9.59 Å². The highest BCUT2D eigenvalue weighted by Gasteiger charge is 2.40. The number of primary amides is 1. The molecule has 0 aliphatic heterocycles. The summed E-state index contributed by atoms with van der Waals surface area (Å²) in [6.07, 6.45) is 3.01. The van der Waals surface area contributed by atoms with Crippen LogP contribution in [-0.4, -0.2) is 18.4 Å². The number of nitrogens with one attached hydrogen (secondary N) is 1. The summed E-state index contributed by atoms with van der Waals surface area (Å²) < 4.78 is 27.1. The highest BCUT2D eigenvalue weighted by Crippen LogP contribution is 2.38. The number of carbonyl (C=O) groups is 2. The number of rotatable bonds is 4. The van der Waals surface area contributed by atoms with Gasteiger partial charge in [-0.05, 0) is 18.9 Å². The molecule has 0 unspecified atom stereocenters. The van der Waals surface area contributed by atoms with Crippen molar-refractivity contribution < 1.29 is 18.4 Å². The van der Waals surface area contributed by atoms with E-state index in [9.17, 15) is 18.4 Å². The lowest BCUT2D eigenvalue weighted by Gasteiger charge is -2.25. The van der Waals surface area contributed by atoms with E-state index in [4.69, 9.17) is 11.5 Å². The van der Waals surface area contributed by atoms with Gasteiger partial charge in [-0.2, -0.15) is 0 Å². The van der Waals surface area contributed by atoms with E-state index in [1.165, 1.54) is 0 Å². The van der Waals surface area contributed by atoms with Gasteiger partial charge < -0.3 is 16.8 Å². The summed E-state index contributed by atoms with van der Waals surface area (Å²) in [7, 11) is 0. The van der Waals surface area contributed by atoms with Crippen LogP contribution in [0.2, 0.25) is 0 Å². The molecule has 1 fully saturated rings. The van der Waals surface area contributed by atoms with Gasteiger partial charge in [0.05, 0.1) is 16.7 Å². The van der Waals surface area contributed by atoms with E-state index >= 15 is 0 Å². The maximum atomic E-state index is 13.7. The molecule has 1 aliphatic carbocycles. The average molecular weight is 297 g/mol. The van der Waals surface area contributed by atoms with Crippen LogP contribution in [0, 0.1) is 17.0 Å². The second-order valence-electron chi connectivity index (χ2n) is 5.32. The van der Waals surface area contributed by atoms with Gasteiger partial charge in [0.15, 0.2) is 0 Å². The molecule has 5 nitrogen and oxygen atoms in total. The SMILES string of the molecule is NCC1(C(=O)Nc2cc(C(N)=O)c(F)cc2F)CCCC1. The zero-order chi connectivity index (χ0) is 15.6. The molecule has 0 aromatic heterocycles. The summed E-state index contributed by atoms with van der Waals surface area (Å²) in [6.45, 7) is 0.157. The Morgan fingerprint density at radius 2 is 1.81 bits per heavy atom. The van der Waals surface area contributed by atoms with Crippen molar-refractivity contribution >= 4 is 17.5 Å². The van der Waals surface area contributed by atoms with Crippen molar-refractivity contribution in [2.45, 2.75) is 25.7 Å². The Balaban J connectivity index is 2.29. The molecule has 2 amide bonds. The molecule has 1 saturated carbocycles. The fraction of sp³-hybridized carbons (Fsp3) is 0.429. The number of benzene rings is 1. The van der Waals surface area contributed by atoms with Gasteiger partial charge in [0.1, 0.15) is 11.6 Å². The predicted octanol–water partition coefficient (Wildman–Crippen LogP) is 1.52. The lowest BCUT2D eigenvalue weighted by molar-refractivity contribution is -0.124. The Kier molecular flexibility index (Phi) is 4.22.